The molecular weight excluding hydrogens is 363 g/mol. The first-order valence-corrected chi connectivity index (χ1v) is 8.93. The van der Waals surface area contributed by atoms with Crippen LogP contribution in [0.25, 0.3) is 11.3 Å². The number of pyridine rings is 1. The van der Waals surface area contributed by atoms with Gasteiger partial charge in [-0.3, -0.25) is 9.98 Å². The molecule has 0 radical (unpaired) electrons. The molecule has 1 aromatic carbocycles. The second kappa shape index (κ2) is 7.75. The van der Waals surface area contributed by atoms with Crippen LogP contribution in [-0.4, -0.2) is 22.4 Å². The van der Waals surface area contributed by atoms with Crippen LogP contribution >= 0.6 is 34.5 Å². The molecule has 3 rings (SSSR count). The Bertz CT molecular complexity index is 929. The Hall–Kier alpha value is -1.95. The molecule has 2 aromatic heterocycles. The first-order valence-electron chi connectivity index (χ1n) is 7.30. The number of benzene rings is 1. The largest absolute Gasteiger partial charge is 0.264 e. The summed E-state index contributed by atoms with van der Waals surface area (Å²) in [4.78, 5) is 9.41. The van der Waals surface area contributed by atoms with Gasteiger partial charge in [-0.2, -0.15) is 5.10 Å². The molecule has 0 amide bonds. The van der Waals surface area contributed by atoms with E-state index in [0.717, 1.165) is 21.6 Å². The van der Waals surface area contributed by atoms with Gasteiger partial charge in [0.05, 0.1) is 22.0 Å². The van der Waals surface area contributed by atoms with Crippen molar-refractivity contribution >= 4 is 40.8 Å². The second-order valence-corrected chi connectivity index (χ2v) is 6.50. The minimum atomic E-state index is 0.511. The van der Waals surface area contributed by atoms with E-state index in [-0.39, 0.29) is 0 Å². The Morgan fingerprint density at radius 2 is 2.12 bits per heavy atom. The van der Waals surface area contributed by atoms with Crippen LogP contribution in [0.5, 0.6) is 0 Å². The normalized spacial score (nSPS) is 12.2. The predicted molar refractivity (Wildman–Crippen MR) is 101 cm³/mol. The molecule has 0 aliphatic rings. The van der Waals surface area contributed by atoms with Crippen molar-refractivity contribution in [1.82, 2.24) is 9.66 Å². The van der Waals surface area contributed by atoms with Crippen molar-refractivity contribution in [1.29, 1.82) is 0 Å². The van der Waals surface area contributed by atoms with E-state index in [2.05, 4.69) is 15.1 Å². The SMILES string of the molecule is CCN=c1scc(-c2ccc(Cl)c(Cl)c2)n1/N=C/c1cccnc1. The van der Waals surface area contributed by atoms with E-state index in [4.69, 9.17) is 23.2 Å². The highest BCUT2D eigenvalue weighted by Gasteiger charge is 2.09. The van der Waals surface area contributed by atoms with Crippen molar-refractivity contribution < 1.29 is 0 Å². The van der Waals surface area contributed by atoms with Gasteiger partial charge in [-0.1, -0.05) is 35.3 Å². The average Bonchev–Trinajstić information content (AvgIpc) is 2.99. The molecule has 0 aliphatic heterocycles. The maximum absolute atomic E-state index is 6.15. The first kappa shape index (κ1) is 16.9. The van der Waals surface area contributed by atoms with E-state index in [9.17, 15) is 0 Å². The molecule has 2 heterocycles. The van der Waals surface area contributed by atoms with Crippen molar-refractivity contribution in [3.05, 3.63) is 68.5 Å². The van der Waals surface area contributed by atoms with Crippen LogP contribution in [0.3, 0.4) is 0 Å². The lowest BCUT2D eigenvalue weighted by Crippen LogP contribution is -2.12. The molecule has 0 unspecified atom stereocenters. The standard InChI is InChI=1S/C17H14Cl2N4S/c1-2-21-17-23(22-10-12-4-3-7-20-9-12)16(11-24-17)13-5-6-14(18)15(19)8-13/h3-11H,2H2,1H3/b21-17?,22-10+. The topological polar surface area (TPSA) is 42.5 Å². The number of aromatic nitrogens is 2. The molecule has 0 aliphatic carbocycles. The molecule has 0 fully saturated rings. The van der Waals surface area contributed by atoms with E-state index in [1.807, 2.05) is 36.6 Å². The molecule has 0 saturated heterocycles. The number of nitrogens with zero attached hydrogens (tertiary/aromatic N) is 4. The lowest BCUT2D eigenvalue weighted by Gasteiger charge is -2.05. The van der Waals surface area contributed by atoms with Crippen molar-refractivity contribution in [3.63, 3.8) is 0 Å². The van der Waals surface area contributed by atoms with E-state index < -0.39 is 0 Å². The lowest BCUT2D eigenvalue weighted by molar-refractivity contribution is 0.833. The van der Waals surface area contributed by atoms with Crippen LogP contribution in [0.15, 0.2) is 58.2 Å². The van der Waals surface area contributed by atoms with Crippen molar-refractivity contribution in [2.24, 2.45) is 10.1 Å². The van der Waals surface area contributed by atoms with Crippen LogP contribution in [-0.2, 0) is 0 Å². The number of halogens is 2. The van der Waals surface area contributed by atoms with E-state index in [1.165, 1.54) is 11.3 Å². The quantitative estimate of drug-likeness (QED) is 0.607. The monoisotopic (exact) mass is 376 g/mol. The molecule has 24 heavy (non-hydrogen) atoms. The summed E-state index contributed by atoms with van der Waals surface area (Å²) in [7, 11) is 0. The van der Waals surface area contributed by atoms with Gasteiger partial charge in [0.15, 0.2) is 0 Å². The Morgan fingerprint density at radius 1 is 1.25 bits per heavy atom. The van der Waals surface area contributed by atoms with Gasteiger partial charge in [0.1, 0.15) is 0 Å². The zero-order chi connectivity index (χ0) is 16.9. The highest BCUT2D eigenvalue weighted by Crippen LogP contribution is 2.28. The molecule has 0 N–H and O–H groups in total. The van der Waals surface area contributed by atoms with Gasteiger partial charge >= 0.3 is 0 Å². The Labute approximate surface area is 153 Å². The number of rotatable bonds is 4. The summed E-state index contributed by atoms with van der Waals surface area (Å²) in [6, 6.07) is 9.35. The van der Waals surface area contributed by atoms with Crippen molar-refractivity contribution in [2.45, 2.75) is 6.92 Å². The van der Waals surface area contributed by atoms with Gasteiger partial charge in [-0.25, -0.2) is 4.68 Å². The molecule has 0 spiro atoms. The average molecular weight is 377 g/mol. The van der Waals surface area contributed by atoms with Gasteiger partial charge in [0, 0.05) is 35.4 Å². The zero-order valence-corrected chi connectivity index (χ0v) is 15.2. The highest BCUT2D eigenvalue weighted by molar-refractivity contribution is 7.07. The molecule has 4 nitrogen and oxygen atoms in total. The Morgan fingerprint density at radius 3 is 2.83 bits per heavy atom. The number of hydrogen-bond acceptors (Lipinski definition) is 4. The smallest absolute Gasteiger partial charge is 0.206 e. The Balaban J connectivity index is 2.09. The van der Waals surface area contributed by atoms with Crippen molar-refractivity contribution in [2.75, 3.05) is 6.54 Å². The minimum absolute atomic E-state index is 0.511. The lowest BCUT2D eigenvalue weighted by atomic mass is 10.2. The molecule has 7 heteroatoms. The maximum atomic E-state index is 6.15. The second-order valence-electron chi connectivity index (χ2n) is 4.85. The fourth-order valence-electron chi connectivity index (χ4n) is 2.09. The summed E-state index contributed by atoms with van der Waals surface area (Å²) in [5.41, 5.74) is 2.76. The van der Waals surface area contributed by atoms with Crippen LogP contribution in [0.4, 0.5) is 0 Å². The van der Waals surface area contributed by atoms with Gasteiger partial charge in [-0.05, 0) is 25.1 Å². The summed E-state index contributed by atoms with van der Waals surface area (Å²) >= 11 is 13.7. The van der Waals surface area contributed by atoms with E-state index in [0.29, 0.717) is 16.6 Å². The first-order chi connectivity index (χ1) is 11.7. The van der Waals surface area contributed by atoms with Gasteiger partial charge in [0.25, 0.3) is 0 Å². The number of hydrogen-bond donors (Lipinski definition) is 0. The summed E-state index contributed by atoms with van der Waals surface area (Å²) in [6.07, 6.45) is 5.25. The third-order valence-corrected chi connectivity index (χ3v) is 4.79. The molecule has 0 bridgehead atoms. The van der Waals surface area contributed by atoms with Crippen LogP contribution in [0.2, 0.25) is 10.0 Å². The highest BCUT2D eigenvalue weighted by atomic mass is 35.5. The molecule has 122 valence electrons. The fraction of sp³-hybridized carbons (Fsp3) is 0.118. The van der Waals surface area contributed by atoms with Crippen molar-refractivity contribution in [3.8, 4) is 11.3 Å². The van der Waals surface area contributed by atoms with Gasteiger partial charge < -0.3 is 0 Å². The van der Waals surface area contributed by atoms with Gasteiger partial charge in [-0.15, -0.1) is 11.3 Å². The Kier molecular flexibility index (Phi) is 5.45. The summed E-state index contributed by atoms with van der Waals surface area (Å²) < 4.78 is 1.81. The summed E-state index contributed by atoms with van der Waals surface area (Å²) in [5.74, 6) is 0. The van der Waals surface area contributed by atoms with E-state index >= 15 is 0 Å². The van der Waals surface area contributed by atoms with Crippen LogP contribution in [0, 0.1) is 0 Å². The molecule has 3 aromatic rings. The summed E-state index contributed by atoms with van der Waals surface area (Å²) in [6.45, 7) is 2.68. The summed E-state index contributed by atoms with van der Waals surface area (Å²) in [5, 5.41) is 7.62. The molecule has 0 atom stereocenters. The number of thiazole rings is 1. The molecule has 0 saturated carbocycles. The van der Waals surface area contributed by atoms with Gasteiger partial charge in [0.2, 0.25) is 4.80 Å². The maximum Gasteiger partial charge on any atom is 0.206 e. The third kappa shape index (κ3) is 3.75. The van der Waals surface area contributed by atoms with Crippen LogP contribution in [0.1, 0.15) is 12.5 Å². The minimum Gasteiger partial charge on any atom is -0.264 e. The third-order valence-electron chi connectivity index (χ3n) is 3.20. The van der Waals surface area contributed by atoms with E-state index in [1.54, 1.807) is 29.4 Å². The zero-order valence-electron chi connectivity index (χ0n) is 12.9. The molecular formula is C17H14Cl2N4S. The fourth-order valence-corrected chi connectivity index (χ4v) is 3.29. The van der Waals surface area contributed by atoms with Crippen LogP contribution < -0.4 is 4.80 Å². The predicted octanol–water partition coefficient (Wildman–Crippen LogP) is 4.72.